The van der Waals surface area contributed by atoms with Gasteiger partial charge in [0.15, 0.2) is 0 Å². The third-order valence-corrected chi connectivity index (χ3v) is 0.609. The fourth-order valence-electron chi connectivity index (χ4n) is 0.246. The Kier molecular flexibility index (Phi) is 20.6. The van der Waals surface area contributed by atoms with Gasteiger partial charge in [-0.05, 0) is 6.42 Å². The molecule has 0 aliphatic heterocycles. The topological polar surface area (TPSA) is 26.3 Å². The molecule has 0 saturated carbocycles. The third-order valence-electron chi connectivity index (χ3n) is 0.609. The number of carbonyl (C=O) groups excluding carboxylic acids is 1. The van der Waals surface area contributed by atoms with Crippen molar-refractivity contribution in [2.45, 2.75) is 12.8 Å². The van der Waals surface area contributed by atoms with Crippen LogP contribution in [0.1, 0.15) is 12.8 Å². The second-order valence-electron chi connectivity index (χ2n) is 1.18. The summed E-state index contributed by atoms with van der Waals surface area (Å²) in [7, 11) is 1.37. The van der Waals surface area contributed by atoms with Crippen molar-refractivity contribution in [1.29, 1.82) is 0 Å². The molecule has 0 rings (SSSR count). The van der Waals surface area contributed by atoms with E-state index in [0.29, 0.717) is 12.8 Å². The standard InChI is InChI=1S/C5H9O2.BrH.Zn/c1-3-4-5(6)7-2;;/h1,3-4H2,2H3;1H;/p-1. The molecule has 0 saturated heterocycles. The fraction of sp³-hybridized carbons (Fsp3) is 0.600. The molecule has 0 heterocycles. The van der Waals surface area contributed by atoms with Gasteiger partial charge in [0.25, 0.3) is 0 Å². The average molecular weight is 246 g/mol. The van der Waals surface area contributed by atoms with Crippen LogP contribution in [0.2, 0.25) is 0 Å². The number of esters is 1. The van der Waals surface area contributed by atoms with E-state index in [0.717, 1.165) is 0 Å². The largest absolute Gasteiger partial charge is 1.00 e. The summed E-state index contributed by atoms with van der Waals surface area (Å²) in [5.74, 6) is -0.185. The first-order chi connectivity index (χ1) is 3.31. The van der Waals surface area contributed by atoms with Crippen molar-refractivity contribution >= 4 is 5.97 Å². The molecule has 0 aromatic heterocycles. The van der Waals surface area contributed by atoms with Gasteiger partial charge in [0, 0.05) is 25.9 Å². The summed E-state index contributed by atoms with van der Waals surface area (Å²) in [6.07, 6.45) is 1.04. The van der Waals surface area contributed by atoms with Crippen LogP contribution >= 0.6 is 0 Å². The van der Waals surface area contributed by atoms with Gasteiger partial charge in [-0.25, -0.2) is 0 Å². The van der Waals surface area contributed by atoms with E-state index in [4.69, 9.17) is 0 Å². The molecule has 0 bridgehead atoms. The Bertz CT molecular complexity index is 68.0. The van der Waals surface area contributed by atoms with E-state index in [1.807, 2.05) is 0 Å². The minimum absolute atomic E-state index is 0. The molecule has 0 fully saturated rings. The van der Waals surface area contributed by atoms with Crippen molar-refractivity contribution in [3.05, 3.63) is 6.92 Å². The van der Waals surface area contributed by atoms with E-state index in [2.05, 4.69) is 11.7 Å². The summed E-state index contributed by atoms with van der Waals surface area (Å²) in [6.45, 7) is 3.47. The first kappa shape index (κ1) is 16.3. The molecule has 0 aliphatic rings. The van der Waals surface area contributed by atoms with Gasteiger partial charge in [0.1, 0.15) is 0 Å². The number of rotatable bonds is 2. The monoisotopic (exact) mass is 244 g/mol. The molecule has 2 nitrogen and oxygen atoms in total. The second-order valence-corrected chi connectivity index (χ2v) is 1.18. The molecule has 0 atom stereocenters. The molecule has 1 radical (unpaired) electrons. The van der Waals surface area contributed by atoms with Gasteiger partial charge in [-0.2, -0.15) is 0 Å². The minimum Gasteiger partial charge on any atom is -1.00 e. The third kappa shape index (κ3) is 11.9. The summed E-state index contributed by atoms with van der Waals surface area (Å²) in [5.41, 5.74) is 0. The summed E-state index contributed by atoms with van der Waals surface area (Å²) in [4.78, 5) is 10.1. The molecule has 0 spiro atoms. The normalized spacial score (nSPS) is 6.44. The van der Waals surface area contributed by atoms with E-state index in [1.165, 1.54) is 7.11 Å². The van der Waals surface area contributed by atoms with Crippen LogP contribution < -0.4 is 17.0 Å². The molecule has 0 aromatic rings. The maximum atomic E-state index is 10.1. The second kappa shape index (κ2) is 11.4. The Morgan fingerprint density at radius 1 is 1.67 bits per heavy atom. The van der Waals surface area contributed by atoms with Crippen molar-refractivity contribution < 1.29 is 46.0 Å². The SMILES string of the molecule is [Br-].[CH2]CCC(=O)OC.[Zn]. The number of halogens is 1. The van der Waals surface area contributed by atoms with Crippen LogP contribution in [-0.4, -0.2) is 13.1 Å². The Morgan fingerprint density at radius 3 is 2.22 bits per heavy atom. The average Bonchev–Trinajstić information content (AvgIpc) is 1.68. The zero-order valence-corrected chi connectivity index (χ0v) is 10.1. The number of hydrogen-bond acceptors (Lipinski definition) is 2. The van der Waals surface area contributed by atoms with E-state index >= 15 is 0 Å². The molecular formula is C5H9BrO2Zn-. The van der Waals surface area contributed by atoms with Gasteiger partial charge >= 0.3 is 5.97 Å². The van der Waals surface area contributed by atoms with Crippen molar-refractivity contribution in [1.82, 2.24) is 0 Å². The Balaban J connectivity index is -0.000000180. The molecule has 0 aromatic carbocycles. The fourth-order valence-corrected chi connectivity index (χ4v) is 0.246. The number of methoxy groups -OCH3 is 1. The molecule has 0 N–H and O–H groups in total. The van der Waals surface area contributed by atoms with Crippen molar-refractivity contribution in [3.8, 4) is 0 Å². The van der Waals surface area contributed by atoms with Gasteiger partial charge in [-0.15, -0.1) is 0 Å². The number of carbonyl (C=O) groups is 1. The number of hydrogen-bond donors (Lipinski definition) is 0. The van der Waals surface area contributed by atoms with E-state index in [9.17, 15) is 4.79 Å². The maximum Gasteiger partial charge on any atom is 0.305 e. The zero-order chi connectivity index (χ0) is 5.70. The Morgan fingerprint density at radius 2 is 2.11 bits per heavy atom. The van der Waals surface area contributed by atoms with Crippen LogP contribution in [0.15, 0.2) is 0 Å². The van der Waals surface area contributed by atoms with Gasteiger partial charge < -0.3 is 21.7 Å². The maximum absolute atomic E-state index is 10.1. The van der Waals surface area contributed by atoms with Crippen LogP contribution in [0.3, 0.4) is 0 Å². The first-order valence-corrected chi connectivity index (χ1v) is 2.17. The van der Waals surface area contributed by atoms with Crippen LogP contribution in [0.5, 0.6) is 0 Å². The molecule has 0 amide bonds. The number of ether oxygens (including phenoxy) is 1. The summed E-state index contributed by atoms with van der Waals surface area (Å²) in [5, 5.41) is 0. The van der Waals surface area contributed by atoms with Gasteiger partial charge in [-0.3, -0.25) is 4.79 Å². The minimum atomic E-state index is -0.185. The van der Waals surface area contributed by atoms with Gasteiger partial charge in [-0.1, -0.05) is 6.92 Å². The van der Waals surface area contributed by atoms with Crippen LogP contribution in [0.4, 0.5) is 0 Å². The molecule has 51 valence electrons. The summed E-state index contributed by atoms with van der Waals surface area (Å²) >= 11 is 0. The molecule has 0 unspecified atom stereocenters. The smallest absolute Gasteiger partial charge is 0.305 e. The molecule has 4 heteroatoms. The van der Waals surface area contributed by atoms with Crippen molar-refractivity contribution in [3.63, 3.8) is 0 Å². The Labute approximate surface area is 78.9 Å². The summed E-state index contributed by atoms with van der Waals surface area (Å²) < 4.78 is 4.31. The summed E-state index contributed by atoms with van der Waals surface area (Å²) in [6, 6.07) is 0. The molecule has 9 heavy (non-hydrogen) atoms. The van der Waals surface area contributed by atoms with Crippen LogP contribution in [-0.2, 0) is 29.0 Å². The van der Waals surface area contributed by atoms with Gasteiger partial charge in [0.05, 0.1) is 7.11 Å². The van der Waals surface area contributed by atoms with E-state index in [1.54, 1.807) is 0 Å². The van der Waals surface area contributed by atoms with Crippen molar-refractivity contribution in [2.75, 3.05) is 7.11 Å². The molecule has 0 aliphatic carbocycles. The van der Waals surface area contributed by atoms with Gasteiger partial charge in [0.2, 0.25) is 0 Å². The van der Waals surface area contributed by atoms with E-state index < -0.39 is 0 Å². The quantitative estimate of drug-likeness (QED) is 0.407. The predicted molar refractivity (Wildman–Crippen MR) is 26.6 cm³/mol. The van der Waals surface area contributed by atoms with E-state index in [-0.39, 0.29) is 42.4 Å². The Hall–Kier alpha value is 0.573. The molecular weight excluding hydrogens is 237 g/mol. The van der Waals surface area contributed by atoms with Crippen LogP contribution in [0.25, 0.3) is 0 Å². The van der Waals surface area contributed by atoms with Crippen molar-refractivity contribution in [2.24, 2.45) is 0 Å². The predicted octanol–water partition coefficient (Wildman–Crippen LogP) is -2.22. The van der Waals surface area contributed by atoms with Crippen LogP contribution in [0, 0.1) is 6.92 Å². The zero-order valence-electron chi connectivity index (χ0n) is 5.52. The first-order valence-electron chi connectivity index (χ1n) is 2.17.